The number of nitrogens with zero attached hydrogens (tertiary/aromatic N) is 3. The third-order valence-corrected chi connectivity index (χ3v) is 6.06. The number of amides is 1. The van der Waals surface area contributed by atoms with Crippen molar-refractivity contribution >= 4 is 22.1 Å². The summed E-state index contributed by atoms with van der Waals surface area (Å²) < 4.78 is 13.3. The van der Waals surface area contributed by atoms with Crippen LogP contribution in [0.25, 0.3) is 4.83 Å². The number of fused-ring (bicyclic) bond motifs is 1. The lowest BCUT2D eigenvalue weighted by Crippen LogP contribution is -2.41. The van der Waals surface area contributed by atoms with E-state index in [1.54, 1.807) is 11.3 Å². The van der Waals surface area contributed by atoms with Crippen molar-refractivity contribution in [2.24, 2.45) is 0 Å². The Hall–Kier alpha value is -1.44. The zero-order valence-corrected chi connectivity index (χ0v) is 15.5. The highest BCUT2D eigenvalue weighted by molar-refractivity contribution is 7.15. The molecule has 2 aromatic heterocycles. The molecule has 0 aliphatic carbocycles. The summed E-state index contributed by atoms with van der Waals surface area (Å²) in [4.78, 5) is 20.4. The van der Waals surface area contributed by atoms with Gasteiger partial charge in [0.2, 0.25) is 5.91 Å². The molecule has 2 aliphatic heterocycles. The molecule has 0 N–H and O–H groups in total. The fraction of sp³-hybridized carbons (Fsp3) is 0.667. The van der Waals surface area contributed by atoms with Crippen LogP contribution in [0.5, 0.6) is 0 Å². The van der Waals surface area contributed by atoms with Crippen molar-refractivity contribution in [2.75, 3.05) is 32.9 Å². The Morgan fingerprint density at radius 2 is 2.36 bits per heavy atom. The number of likely N-dealkylation sites (tertiary alicyclic amines) is 1. The van der Waals surface area contributed by atoms with Gasteiger partial charge in [-0.15, -0.1) is 11.3 Å². The van der Waals surface area contributed by atoms with Gasteiger partial charge < -0.3 is 14.4 Å². The van der Waals surface area contributed by atoms with Crippen LogP contribution in [0.4, 0.5) is 0 Å². The minimum atomic E-state index is 0.0843. The van der Waals surface area contributed by atoms with E-state index in [0.29, 0.717) is 12.5 Å². The predicted octanol–water partition coefficient (Wildman–Crippen LogP) is 2.61. The lowest BCUT2D eigenvalue weighted by Gasteiger charge is -2.32. The Bertz CT molecular complexity index is 735. The van der Waals surface area contributed by atoms with Crippen LogP contribution in [0, 0.1) is 6.92 Å². The Morgan fingerprint density at radius 3 is 3.20 bits per heavy atom. The topological polar surface area (TPSA) is 56.1 Å². The first kappa shape index (κ1) is 17.0. The van der Waals surface area contributed by atoms with E-state index in [-0.39, 0.29) is 18.6 Å². The number of ether oxygens (including phenoxy) is 2. The normalized spacial score (nSPS) is 24.3. The van der Waals surface area contributed by atoms with E-state index in [1.807, 2.05) is 11.8 Å². The minimum Gasteiger partial charge on any atom is -0.376 e. The maximum Gasteiger partial charge on any atom is 0.248 e. The molecule has 0 spiro atoms. The first-order valence-electron chi connectivity index (χ1n) is 9.11. The smallest absolute Gasteiger partial charge is 0.248 e. The summed E-state index contributed by atoms with van der Waals surface area (Å²) in [6.07, 6.45) is 6.47. The van der Waals surface area contributed by atoms with Gasteiger partial charge in [0.05, 0.1) is 18.4 Å². The van der Waals surface area contributed by atoms with Gasteiger partial charge in [-0.2, -0.15) is 0 Å². The van der Waals surface area contributed by atoms with Gasteiger partial charge in [-0.3, -0.25) is 9.20 Å². The molecule has 0 bridgehead atoms. The molecule has 7 heteroatoms. The first-order chi connectivity index (χ1) is 12.2. The van der Waals surface area contributed by atoms with Crippen molar-refractivity contribution in [1.82, 2.24) is 14.3 Å². The quantitative estimate of drug-likeness (QED) is 0.819. The maximum atomic E-state index is 12.5. The number of carbonyl (C=O) groups excluding carboxylic acids is 1. The van der Waals surface area contributed by atoms with E-state index in [1.165, 1.54) is 4.83 Å². The lowest BCUT2D eigenvalue weighted by atomic mass is 9.95. The molecule has 2 fully saturated rings. The molecular formula is C18H25N3O3S. The number of carbonyl (C=O) groups is 1. The molecular weight excluding hydrogens is 338 g/mol. The average molecular weight is 363 g/mol. The van der Waals surface area contributed by atoms with Gasteiger partial charge in [0, 0.05) is 37.2 Å². The number of hydrogen-bond acceptors (Lipinski definition) is 5. The Kier molecular flexibility index (Phi) is 5.05. The van der Waals surface area contributed by atoms with Crippen LogP contribution in [-0.2, 0) is 14.3 Å². The van der Waals surface area contributed by atoms with E-state index in [0.717, 1.165) is 56.9 Å². The van der Waals surface area contributed by atoms with Gasteiger partial charge >= 0.3 is 0 Å². The van der Waals surface area contributed by atoms with Gasteiger partial charge in [-0.05, 0) is 32.6 Å². The lowest BCUT2D eigenvalue weighted by molar-refractivity contribution is -0.138. The van der Waals surface area contributed by atoms with E-state index in [2.05, 4.69) is 16.0 Å². The molecule has 0 saturated carbocycles. The molecule has 2 aliphatic rings. The summed E-state index contributed by atoms with van der Waals surface area (Å²) in [5.74, 6) is 1.42. The summed E-state index contributed by atoms with van der Waals surface area (Å²) in [7, 11) is 0. The number of rotatable bonds is 5. The van der Waals surface area contributed by atoms with Crippen LogP contribution in [0.3, 0.4) is 0 Å². The van der Waals surface area contributed by atoms with Crippen molar-refractivity contribution < 1.29 is 14.3 Å². The predicted molar refractivity (Wildman–Crippen MR) is 96.2 cm³/mol. The molecule has 2 atom stereocenters. The molecule has 6 nitrogen and oxygen atoms in total. The molecule has 0 aromatic carbocycles. The van der Waals surface area contributed by atoms with Crippen LogP contribution in [0.2, 0.25) is 0 Å². The van der Waals surface area contributed by atoms with Crippen LogP contribution >= 0.6 is 11.3 Å². The van der Waals surface area contributed by atoms with Gasteiger partial charge in [-0.1, -0.05) is 0 Å². The zero-order valence-electron chi connectivity index (χ0n) is 14.6. The van der Waals surface area contributed by atoms with Crippen LogP contribution < -0.4 is 0 Å². The fourth-order valence-corrected chi connectivity index (χ4v) is 4.78. The molecule has 2 saturated heterocycles. The second-order valence-corrected chi connectivity index (χ2v) is 7.85. The maximum absolute atomic E-state index is 12.5. The molecule has 25 heavy (non-hydrogen) atoms. The standard InChI is InChI=1S/C18H25N3O3S/c1-13-19-17(18-21(13)7-9-25-18)14-4-2-6-20(10-14)16(22)12-23-11-15-5-3-8-24-15/h7,9,14-15H,2-6,8,10-12H2,1H3/t14-,15-/m0/s1. The number of imidazole rings is 1. The molecule has 136 valence electrons. The Balaban J connectivity index is 1.35. The van der Waals surface area contributed by atoms with Gasteiger partial charge in [-0.25, -0.2) is 4.98 Å². The van der Waals surface area contributed by atoms with Gasteiger partial charge in [0.25, 0.3) is 0 Å². The van der Waals surface area contributed by atoms with Crippen molar-refractivity contribution in [3.8, 4) is 0 Å². The minimum absolute atomic E-state index is 0.0843. The summed E-state index contributed by atoms with van der Waals surface area (Å²) >= 11 is 1.72. The monoisotopic (exact) mass is 363 g/mol. The first-order valence-corrected chi connectivity index (χ1v) is 9.99. The third kappa shape index (κ3) is 3.59. The molecule has 4 heterocycles. The number of aromatic nitrogens is 2. The fourth-order valence-electron chi connectivity index (χ4n) is 3.83. The molecule has 2 aromatic rings. The molecule has 4 rings (SSSR count). The highest BCUT2D eigenvalue weighted by atomic mass is 32.1. The highest BCUT2D eigenvalue weighted by Crippen LogP contribution is 2.32. The Labute approximate surface area is 151 Å². The van der Waals surface area contributed by atoms with Crippen molar-refractivity contribution in [3.05, 3.63) is 23.1 Å². The van der Waals surface area contributed by atoms with E-state index < -0.39 is 0 Å². The second kappa shape index (κ2) is 7.43. The number of aryl methyl sites for hydroxylation is 1. The summed E-state index contributed by atoms with van der Waals surface area (Å²) in [5, 5.41) is 2.10. The zero-order chi connectivity index (χ0) is 17.2. The van der Waals surface area contributed by atoms with Crippen molar-refractivity contribution in [2.45, 2.75) is 44.6 Å². The van der Waals surface area contributed by atoms with Gasteiger partial charge in [0.15, 0.2) is 0 Å². The van der Waals surface area contributed by atoms with Crippen molar-refractivity contribution in [3.63, 3.8) is 0 Å². The average Bonchev–Trinajstić information content (AvgIpc) is 3.35. The van der Waals surface area contributed by atoms with Gasteiger partial charge in [0.1, 0.15) is 17.3 Å². The largest absolute Gasteiger partial charge is 0.376 e. The highest BCUT2D eigenvalue weighted by Gasteiger charge is 2.28. The number of piperidine rings is 1. The Morgan fingerprint density at radius 1 is 1.44 bits per heavy atom. The molecule has 0 unspecified atom stereocenters. The van der Waals surface area contributed by atoms with Crippen molar-refractivity contribution in [1.29, 1.82) is 0 Å². The summed E-state index contributed by atoms with van der Waals surface area (Å²) in [6, 6.07) is 0. The van der Waals surface area contributed by atoms with Crippen LogP contribution in [0.1, 0.15) is 43.1 Å². The SMILES string of the molecule is Cc1nc([C@H]2CCCN(C(=O)COC[C@@H]3CCCO3)C2)c2sccn12. The molecule has 0 radical (unpaired) electrons. The number of hydrogen-bond donors (Lipinski definition) is 0. The van der Waals surface area contributed by atoms with E-state index in [9.17, 15) is 4.79 Å². The summed E-state index contributed by atoms with van der Waals surface area (Å²) in [6.45, 7) is 5.10. The summed E-state index contributed by atoms with van der Waals surface area (Å²) in [5.41, 5.74) is 1.14. The third-order valence-electron chi connectivity index (χ3n) is 5.17. The second-order valence-electron chi connectivity index (χ2n) is 6.95. The molecule has 1 amide bonds. The number of thiazole rings is 1. The van der Waals surface area contributed by atoms with Crippen LogP contribution in [-0.4, -0.2) is 59.2 Å². The van der Waals surface area contributed by atoms with E-state index in [4.69, 9.17) is 14.5 Å². The van der Waals surface area contributed by atoms with Crippen LogP contribution in [0.15, 0.2) is 11.6 Å². The van der Waals surface area contributed by atoms with E-state index >= 15 is 0 Å².